The predicted molar refractivity (Wildman–Crippen MR) is 82.8 cm³/mol. The standard InChI is InChI=1S/C14H18BrNO4S/c1-9(10-4-2-3-5-10)16-21(19,20)11-6-7-13(15)12(8-11)14(17)18/h6-10,16H,2-5H2,1H3,(H,17,18). The maximum absolute atomic E-state index is 12.4. The third-order valence-corrected chi connectivity index (χ3v) is 6.17. The Morgan fingerprint density at radius 2 is 2.00 bits per heavy atom. The largest absolute Gasteiger partial charge is 0.478 e. The number of carboxylic acids is 1. The van der Waals surface area contributed by atoms with Crippen molar-refractivity contribution in [1.82, 2.24) is 4.72 Å². The number of carbonyl (C=O) groups is 1. The van der Waals surface area contributed by atoms with Crippen molar-refractivity contribution in [2.45, 2.75) is 43.5 Å². The topological polar surface area (TPSA) is 83.5 Å². The lowest BCUT2D eigenvalue weighted by Crippen LogP contribution is -2.37. The lowest BCUT2D eigenvalue weighted by molar-refractivity contribution is 0.0695. The van der Waals surface area contributed by atoms with Crippen LogP contribution in [0.1, 0.15) is 43.0 Å². The summed E-state index contributed by atoms with van der Waals surface area (Å²) in [5.41, 5.74) is -0.0635. The molecule has 7 heteroatoms. The number of sulfonamides is 1. The van der Waals surface area contributed by atoms with E-state index in [0.29, 0.717) is 10.4 Å². The molecule has 1 saturated carbocycles. The summed E-state index contributed by atoms with van der Waals surface area (Å²) in [7, 11) is -3.70. The highest BCUT2D eigenvalue weighted by Gasteiger charge is 2.26. The highest BCUT2D eigenvalue weighted by molar-refractivity contribution is 9.10. The fraction of sp³-hybridized carbons (Fsp3) is 0.500. The molecule has 0 spiro atoms. The molecule has 0 bridgehead atoms. The van der Waals surface area contributed by atoms with Crippen molar-refractivity contribution in [3.63, 3.8) is 0 Å². The van der Waals surface area contributed by atoms with Crippen LogP contribution in [0.2, 0.25) is 0 Å². The van der Waals surface area contributed by atoms with Crippen LogP contribution in [0.15, 0.2) is 27.6 Å². The van der Waals surface area contributed by atoms with Gasteiger partial charge in [0, 0.05) is 10.5 Å². The zero-order valence-corrected chi connectivity index (χ0v) is 14.1. The number of aromatic carboxylic acids is 1. The molecule has 0 saturated heterocycles. The molecular formula is C14H18BrNO4S. The molecule has 2 N–H and O–H groups in total. The third kappa shape index (κ3) is 3.84. The first kappa shape index (κ1) is 16.5. The monoisotopic (exact) mass is 375 g/mol. The van der Waals surface area contributed by atoms with Crippen molar-refractivity contribution in [2.75, 3.05) is 0 Å². The van der Waals surface area contributed by atoms with Gasteiger partial charge in [0.15, 0.2) is 0 Å². The van der Waals surface area contributed by atoms with Crippen LogP contribution in [-0.4, -0.2) is 25.5 Å². The van der Waals surface area contributed by atoms with E-state index in [1.54, 1.807) is 0 Å². The van der Waals surface area contributed by atoms with E-state index in [-0.39, 0.29) is 16.5 Å². The molecule has 5 nitrogen and oxygen atoms in total. The maximum Gasteiger partial charge on any atom is 0.336 e. The summed E-state index contributed by atoms with van der Waals surface area (Å²) < 4.78 is 27.8. The second-order valence-electron chi connectivity index (χ2n) is 5.40. The molecule has 2 rings (SSSR count). The van der Waals surface area contributed by atoms with Gasteiger partial charge in [0.05, 0.1) is 10.5 Å². The van der Waals surface area contributed by atoms with Gasteiger partial charge in [-0.25, -0.2) is 17.9 Å². The van der Waals surface area contributed by atoms with Crippen LogP contribution >= 0.6 is 15.9 Å². The predicted octanol–water partition coefficient (Wildman–Crippen LogP) is 3.00. The van der Waals surface area contributed by atoms with Crippen LogP contribution in [0.4, 0.5) is 0 Å². The number of rotatable bonds is 5. The van der Waals surface area contributed by atoms with Crippen LogP contribution in [0.5, 0.6) is 0 Å². The van der Waals surface area contributed by atoms with E-state index in [1.807, 2.05) is 6.92 Å². The Kier molecular flexibility index (Phi) is 5.06. The maximum atomic E-state index is 12.4. The van der Waals surface area contributed by atoms with E-state index in [4.69, 9.17) is 5.11 Å². The number of carboxylic acid groups (broad SMARTS) is 1. The van der Waals surface area contributed by atoms with E-state index in [1.165, 1.54) is 18.2 Å². The highest BCUT2D eigenvalue weighted by Crippen LogP contribution is 2.28. The Hall–Kier alpha value is -0.920. The summed E-state index contributed by atoms with van der Waals surface area (Å²) in [6.45, 7) is 1.87. The molecule has 1 unspecified atom stereocenters. The van der Waals surface area contributed by atoms with Crippen molar-refractivity contribution in [3.8, 4) is 0 Å². The normalized spacial score (nSPS) is 17.8. The Bertz CT molecular complexity index is 638. The second kappa shape index (κ2) is 6.46. The second-order valence-corrected chi connectivity index (χ2v) is 7.97. The zero-order valence-electron chi connectivity index (χ0n) is 11.7. The molecular weight excluding hydrogens is 358 g/mol. The van der Waals surface area contributed by atoms with Crippen LogP contribution < -0.4 is 4.72 Å². The summed E-state index contributed by atoms with van der Waals surface area (Å²) in [5, 5.41) is 9.07. The molecule has 0 radical (unpaired) electrons. The number of benzene rings is 1. The molecule has 1 fully saturated rings. The molecule has 1 aliphatic rings. The lowest BCUT2D eigenvalue weighted by atomic mass is 10.0. The summed E-state index contributed by atoms with van der Waals surface area (Å²) >= 11 is 3.11. The van der Waals surface area contributed by atoms with Crippen molar-refractivity contribution in [2.24, 2.45) is 5.92 Å². The lowest BCUT2D eigenvalue weighted by Gasteiger charge is -2.20. The SMILES string of the molecule is CC(NS(=O)(=O)c1ccc(Br)c(C(=O)O)c1)C1CCCC1. The molecule has 0 heterocycles. The molecule has 1 aliphatic carbocycles. The van der Waals surface area contributed by atoms with E-state index >= 15 is 0 Å². The summed E-state index contributed by atoms with van der Waals surface area (Å²) in [4.78, 5) is 11.1. The van der Waals surface area contributed by atoms with Crippen LogP contribution in [0, 0.1) is 5.92 Å². The molecule has 1 aromatic carbocycles. The van der Waals surface area contributed by atoms with Gasteiger partial charge in [0.1, 0.15) is 0 Å². The van der Waals surface area contributed by atoms with Gasteiger partial charge in [-0.05, 0) is 59.8 Å². The van der Waals surface area contributed by atoms with Gasteiger partial charge in [-0.3, -0.25) is 0 Å². The molecule has 0 aromatic heterocycles. The van der Waals surface area contributed by atoms with Crippen LogP contribution in [0.25, 0.3) is 0 Å². The molecule has 0 amide bonds. The third-order valence-electron chi connectivity index (χ3n) is 3.93. The Morgan fingerprint density at radius 3 is 2.57 bits per heavy atom. The van der Waals surface area contributed by atoms with Gasteiger partial charge in [-0.1, -0.05) is 12.8 Å². The average Bonchev–Trinajstić information content (AvgIpc) is 2.92. The van der Waals surface area contributed by atoms with Crippen LogP contribution in [0.3, 0.4) is 0 Å². The first-order valence-electron chi connectivity index (χ1n) is 6.86. The molecule has 1 atom stereocenters. The number of halogens is 1. The van der Waals surface area contributed by atoms with Crippen molar-refractivity contribution in [1.29, 1.82) is 0 Å². The van der Waals surface area contributed by atoms with Crippen molar-refractivity contribution < 1.29 is 18.3 Å². The minimum atomic E-state index is -3.70. The fourth-order valence-corrected chi connectivity index (χ4v) is 4.46. The van der Waals surface area contributed by atoms with E-state index < -0.39 is 16.0 Å². The summed E-state index contributed by atoms with van der Waals surface area (Å²) in [6, 6.07) is 3.88. The number of nitrogens with one attached hydrogen (secondary N) is 1. The Morgan fingerprint density at radius 1 is 1.38 bits per heavy atom. The zero-order chi connectivity index (χ0) is 15.6. The first-order valence-corrected chi connectivity index (χ1v) is 9.14. The fourth-order valence-electron chi connectivity index (χ4n) is 2.70. The van der Waals surface area contributed by atoms with E-state index in [0.717, 1.165) is 25.7 Å². The van der Waals surface area contributed by atoms with Crippen molar-refractivity contribution >= 4 is 31.9 Å². The number of hydrogen-bond donors (Lipinski definition) is 2. The van der Waals surface area contributed by atoms with Gasteiger partial charge in [0.25, 0.3) is 0 Å². The molecule has 0 aliphatic heterocycles. The number of hydrogen-bond acceptors (Lipinski definition) is 3. The van der Waals surface area contributed by atoms with Crippen LogP contribution in [-0.2, 0) is 10.0 Å². The van der Waals surface area contributed by atoms with Gasteiger partial charge in [0.2, 0.25) is 10.0 Å². The Balaban J connectivity index is 2.23. The van der Waals surface area contributed by atoms with Gasteiger partial charge in [-0.2, -0.15) is 0 Å². The quantitative estimate of drug-likeness (QED) is 0.828. The average molecular weight is 376 g/mol. The first-order chi connectivity index (χ1) is 9.81. The molecule has 116 valence electrons. The van der Waals surface area contributed by atoms with Gasteiger partial charge < -0.3 is 5.11 Å². The summed E-state index contributed by atoms with van der Waals surface area (Å²) in [5.74, 6) is -0.808. The smallest absolute Gasteiger partial charge is 0.336 e. The van der Waals surface area contributed by atoms with E-state index in [9.17, 15) is 13.2 Å². The van der Waals surface area contributed by atoms with Gasteiger partial charge in [-0.15, -0.1) is 0 Å². The highest BCUT2D eigenvalue weighted by atomic mass is 79.9. The minimum Gasteiger partial charge on any atom is -0.478 e. The van der Waals surface area contributed by atoms with Crippen molar-refractivity contribution in [3.05, 3.63) is 28.2 Å². The Labute approximate surface area is 132 Å². The van der Waals surface area contributed by atoms with Gasteiger partial charge >= 0.3 is 5.97 Å². The van der Waals surface area contributed by atoms with E-state index in [2.05, 4.69) is 20.7 Å². The summed E-state index contributed by atoms with van der Waals surface area (Å²) in [6.07, 6.45) is 4.34. The molecule has 21 heavy (non-hydrogen) atoms. The molecule has 1 aromatic rings. The minimum absolute atomic E-state index is 0.0204.